The minimum absolute atomic E-state index is 0.0693. The van der Waals surface area contributed by atoms with Crippen LogP contribution in [0.3, 0.4) is 0 Å². The topological polar surface area (TPSA) is 45.0 Å². The molecule has 1 atom stereocenters. The number of rotatable bonds is 7. The summed E-state index contributed by atoms with van der Waals surface area (Å²) >= 11 is 1.54. The van der Waals surface area contributed by atoms with Crippen molar-refractivity contribution in [2.45, 2.75) is 38.0 Å². The molecule has 0 aliphatic carbocycles. The van der Waals surface area contributed by atoms with E-state index in [-0.39, 0.29) is 11.2 Å². The summed E-state index contributed by atoms with van der Waals surface area (Å²) in [6.07, 6.45) is 4.77. The van der Waals surface area contributed by atoms with Crippen LogP contribution in [0.1, 0.15) is 37.3 Å². The normalized spacial score (nSPS) is 18.2. The smallest absolute Gasteiger partial charge is 0.242 e. The van der Waals surface area contributed by atoms with Gasteiger partial charge in [0.05, 0.1) is 18.0 Å². The summed E-state index contributed by atoms with van der Waals surface area (Å²) in [5.41, 5.74) is 2.11. The predicted molar refractivity (Wildman–Crippen MR) is 127 cm³/mol. The van der Waals surface area contributed by atoms with Crippen LogP contribution in [-0.4, -0.2) is 27.4 Å². The molecule has 152 valence electrons. The molecule has 0 radical (unpaired) electrons. The maximum Gasteiger partial charge on any atom is 0.242 e. The zero-order valence-corrected chi connectivity index (χ0v) is 17.9. The Hall–Kier alpha value is -2.92. The second kappa shape index (κ2) is 9.72. The van der Waals surface area contributed by atoms with Gasteiger partial charge in [0.2, 0.25) is 5.91 Å². The Labute approximate surface area is 181 Å². The van der Waals surface area contributed by atoms with Crippen LogP contribution in [-0.2, 0) is 11.3 Å². The predicted octanol–water partition coefficient (Wildman–Crippen LogP) is 5.86. The number of amides is 1. The number of benzene rings is 3. The van der Waals surface area contributed by atoms with Gasteiger partial charge in [0.25, 0.3) is 0 Å². The second-order valence-corrected chi connectivity index (χ2v) is 8.52. The van der Waals surface area contributed by atoms with Crippen molar-refractivity contribution in [2.24, 2.45) is 10.2 Å². The van der Waals surface area contributed by atoms with Crippen LogP contribution in [0.4, 0.5) is 0 Å². The third kappa shape index (κ3) is 4.62. The van der Waals surface area contributed by atoms with E-state index in [1.165, 1.54) is 17.1 Å². The summed E-state index contributed by atoms with van der Waals surface area (Å²) in [4.78, 5) is 14.8. The number of carbonyl (C=O) groups is 1. The van der Waals surface area contributed by atoms with Gasteiger partial charge in [-0.05, 0) is 22.8 Å². The molecule has 0 bridgehead atoms. The maximum atomic E-state index is 13.0. The molecule has 4 rings (SSSR count). The monoisotopic (exact) mass is 415 g/mol. The summed E-state index contributed by atoms with van der Waals surface area (Å²) in [7, 11) is 0. The lowest BCUT2D eigenvalue weighted by atomic mass is 10.1. The highest BCUT2D eigenvalue weighted by Gasteiger charge is 2.37. The molecule has 1 aliphatic rings. The Bertz CT molecular complexity index is 1070. The first-order chi connectivity index (χ1) is 14.8. The Morgan fingerprint density at radius 1 is 1.00 bits per heavy atom. The molecule has 30 heavy (non-hydrogen) atoms. The number of hydrogen-bond donors (Lipinski definition) is 0. The molecule has 0 N–H and O–H groups in total. The van der Waals surface area contributed by atoms with E-state index in [0.29, 0.717) is 11.7 Å². The van der Waals surface area contributed by atoms with Gasteiger partial charge < -0.3 is 0 Å². The van der Waals surface area contributed by atoms with Crippen LogP contribution >= 0.6 is 11.8 Å². The van der Waals surface area contributed by atoms with Gasteiger partial charge in [0, 0.05) is 5.56 Å². The van der Waals surface area contributed by atoms with Crippen molar-refractivity contribution in [1.29, 1.82) is 0 Å². The molecule has 1 amide bonds. The standard InChI is InChI=1S/C25H25N3OS/c1-2-3-16-23-24(29)28(18-19-10-5-4-6-11-19)25(30-23)27-26-17-21-14-9-13-20-12-7-8-15-22(20)21/h4-15,17,23H,2-3,16,18H2,1H3/b26-17+,27-25-. The number of fused-ring (bicyclic) bond motifs is 1. The van der Waals surface area contributed by atoms with Gasteiger partial charge in [-0.25, -0.2) is 0 Å². The van der Waals surface area contributed by atoms with E-state index in [9.17, 15) is 4.79 Å². The van der Waals surface area contributed by atoms with Crippen LogP contribution in [0.25, 0.3) is 10.8 Å². The Morgan fingerprint density at radius 2 is 1.77 bits per heavy atom. The van der Waals surface area contributed by atoms with Gasteiger partial charge in [-0.15, -0.1) is 5.10 Å². The highest BCUT2D eigenvalue weighted by molar-refractivity contribution is 8.15. The summed E-state index contributed by atoms with van der Waals surface area (Å²) in [5.74, 6) is 0.136. The lowest BCUT2D eigenvalue weighted by Gasteiger charge is -2.15. The molecule has 1 heterocycles. The van der Waals surface area contributed by atoms with Crippen molar-refractivity contribution < 1.29 is 4.79 Å². The third-order valence-corrected chi connectivity index (χ3v) is 6.42. The van der Waals surface area contributed by atoms with E-state index in [4.69, 9.17) is 0 Å². The molecular formula is C25H25N3OS. The number of thioether (sulfide) groups is 1. The van der Waals surface area contributed by atoms with Crippen molar-refractivity contribution in [3.8, 4) is 0 Å². The van der Waals surface area contributed by atoms with Gasteiger partial charge in [-0.3, -0.25) is 9.69 Å². The molecule has 4 nitrogen and oxygen atoms in total. The van der Waals surface area contributed by atoms with Gasteiger partial charge in [-0.1, -0.05) is 104 Å². The lowest BCUT2D eigenvalue weighted by Crippen LogP contribution is -2.31. The zero-order valence-electron chi connectivity index (χ0n) is 17.1. The van der Waals surface area contributed by atoms with Gasteiger partial charge >= 0.3 is 0 Å². The molecule has 5 heteroatoms. The minimum Gasteiger partial charge on any atom is -0.284 e. The van der Waals surface area contributed by atoms with Crippen molar-refractivity contribution in [2.75, 3.05) is 0 Å². The summed E-state index contributed by atoms with van der Waals surface area (Å²) in [6, 6.07) is 24.4. The zero-order chi connectivity index (χ0) is 20.8. The molecule has 3 aromatic carbocycles. The van der Waals surface area contributed by atoms with Gasteiger partial charge in [-0.2, -0.15) is 5.10 Å². The number of hydrogen-bond acceptors (Lipinski definition) is 4. The average Bonchev–Trinajstić information content (AvgIpc) is 3.08. The van der Waals surface area contributed by atoms with Crippen molar-refractivity contribution in [1.82, 2.24) is 4.90 Å². The van der Waals surface area contributed by atoms with Crippen molar-refractivity contribution in [3.63, 3.8) is 0 Å². The number of unbranched alkanes of at least 4 members (excludes halogenated alkanes) is 1. The SMILES string of the molecule is CCCCC1S/C(=N\N=C\c2cccc3ccccc23)N(Cc2ccccc2)C1=O. The lowest BCUT2D eigenvalue weighted by molar-refractivity contribution is -0.126. The van der Waals surface area contributed by atoms with E-state index in [1.54, 1.807) is 11.1 Å². The third-order valence-electron chi connectivity index (χ3n) is 5.19. The fraction of sp³-hybridized carbons (Fsp3) is 0.240. The Kier molecular flexibility index (Phi) is 6.60. The first-order valence-electron chi connectivity index (χ1n) is 10.4. The molecule has 1 aliphatic heterocycles. The first-order valence-corrected chi connectivity index (χ1v) is 11.2. The fourth-order valence-electron chi connectivity index (χ4n) is 3.57. The molecule has 0 aromatic heterocycles. The molecule has 1 fully saturated rings. The highest BCUT2D eigenvalue weighted by Crippen LogP contribution is 2.32. The Balaban J connectivity index is 1.59. The molecule has 0 saturated carbocycles. The maximum absolute atomic E-state index is 13.0. The summed E-state index contributed by atoms with van der Waals surface area (Å²) < 4.78 is 0. The van der Waals surface area contributed by atoms with E-state index in [1.807, 2.05) is 54.6 Å². The van der Waals surface area contributed by atoms with Crippen molar-refractivity contribution in [3.05, 3.63) is 83.9 Å². The fourth-order valence-corrected chi connectivity index (χ4v) is 4.72. The number of carbonyl (C=O) groups excluding carboxylic acids is 1. The van der Waals surface area contributed by atoms with E-state index >= 15 is 0 Å². The first kappa shape index (κ1) is 20.4. The van der Waals surface area contributed by atoms with E-state index < -0.39 is 0 Å². The Morgan fingerprint density at radius 3 is 2.60 bits per heavy atom. The molecule has 3 aromatic rings. The molecule has 1 unspecified atom stereocenters. The second-order valence-electron chi connectivity index (χ2n) is 7.35. The molecule has 0 spiro atoms. The van der Waals surface area contributed by atoms with Crippen LogP contribution in [0.2, 0.25) is 0 Å². The van der Waals surface area contributed by atoms with Crippen LogP contribution < -0.4 is 0 Å². The summed E-state index contributed by atoms with van der Waals surface area (Å²) in [6.45, 7) is 2.67. The largest absolute Gasteiger partial charge is 0.284 e. The molecule has 1 saturated heterocycles. The van der Waals surface area contributed by atoms with E-state index in [2.05, 4.69) is 35.3 Å². The van der Waals surface area contributed by atoms with Gasteiger partial charge in [0.1, 0.15) is 0 Å². The van der Waals surface area contributed by atoms with E-state index in [0.717, 1.165) is 35.8 Å². The number of nitrogens with zero attached hydrogens (tertiary/aromatic N) is 3. The number of amidine groups is 1. The quantitative estimate of drug-likeness (QED) is 0.358. The van der Waals surface area contributed by atoms with Crippen molar-refractivity contribution >= 4 is 39.8 Å². The minimum atomic E-state index is -0.0693. The van der Waals surface area contributed by atoms with Gasteiger partial charge in [0.15, 0.2) is 5.17 Å². The van der Waals surface area contributed by atoms with Crippen LogP contribution in [0.15, 0.2) is 83.0 Å². The van der Waals surface area contributed by atoms with Crippen LogP contribution in [0.5, 0.6) is 0 Å². The van der Waals surface area contributed by atoms with Crippen LogP contribution in [0, 0.1) is 0 Å². The summed E-state index contributed by atoms with van der Waals surface area (Å²) in [5, 5.41) is 11.8. The average molecular weight is 416 g/mol. The molecular weight excluding hydrogens is 390 g/mol. The highest BCUT2D eigenvalue weighted by atomic mass is 32.2.